The van der Waals surface area contributed by atoms with Gasteiger partial charge in [-0.3, -0.25) is 0 Å². The highest BCUT2D eigenvalue weighted by Crippen LogP contribution is 2.40. The van der Waals surface area contributed by atoms with Gasteiger partial charge in [-0.15, -0.1) is 0 Å². The molecule has 1 N–H and O–H groups in total. The molecule has 0 aromatic heterocycles. The fourth-order valence-corrected chi connectivity index (χ4v) is 2.58. The van der Waals surface area contributed by atoms with Crippen molar-refractivity contribution >= 4 is 28.9 Å². The van der Waals surface area contributed by atoms with E-state index in [0.29, 0.717) is 33.8 Å². The SMILES string of the molecule is COc1cc(NCc2cc(Cl)c3c(c2)OCO3)ccc1Cl. The topological polar surface area (TPSA) is 39.7 Å². The van der Waals surface area contributed by atoms with E-state index in [-0.39, 0.29) is 6.79 Å². The van der Waals surface area contributed by atoms with Crippen LogP contribution in [0.5, 0.6) is 17.2 Å². The molecule has 0 amide bonds. The summed E-state index contributed by atoms with van der Waals surface area (Å²) >= 11 is 12.2. The molecule has 0 saturated heterocycles. The average molecular weight is 326 g/mol. The molecule has 21 heavy (non-hydrogen) atoms. The number of nitrogens with one attached hydrogen (secondary N) is 1. The Labute approximate surface area is 132 Å². The lowest BCUT2D eigenvalue weighted by molar-refractivity contribution is 0.174. The number of anilines is 1. The van der Waals surface area contributed by atoms with E-state index in [1.54, 1.807) is 13.2 Å². The molecule has 0 radical (unpaired) electrons. The smallest absolute Gasteiger partial charge is 0.231 e. The lowest BCUT2D eigenvalue weighted by atomic mass is 10.2. The monoisotopic (exact) mass is 325 g/mol. The van der Waals surface area contributed by atoms with Gasteiger partial charge >= 0.3 is 0 Å². The minimum Gasteiger partial charge on any atom is -0.495 e. The van der Waals surface area contributed by atoms with Crippen molar-refractivity contribution in [3.05, 3.63) is 45.9 Å². The predicted molar refractivity (Wildman–Crippen MR) is 82.9 cm³/mol. The van der Waals surface area contributed by atoms with Crippen molar-refractivity contribution < 1.29 is 14.2 Å². The summed E-state index contributed by atoms with van der Waals surface area (Å²) in [4.78, 5) is 0. The van der Waals surface area contributed by atoms with Gasteiger partial charge in [-0.05, 0) is 29.8 Å². The summed E-state index contributed by atoms with van der Waals surface area (Å²) in [6.45, 7) is 0.807. The Balaban J connectivity index is 1.75. The maximum absolute atomic E-state index is 6.15. The molecule has 1 heterocycles. The summed E-state index contributed by atoms with van der Waals surface area (Å²) in [6.07, 6.45) is 0. The molecule has 2 aromatic rings. The van der Waals surface area contributed by atoms with Crippen LogP contribution in [0.1, 0.15) is 5.56 Å². The third-order valence-electron chi connectivity index (χ3n) is 3.13. The summed E-state index contributed by atoms with van der Waals surface area (Å²) < 4.78 is 15.8. The van der Waals surface area contributed by atoms with E-state index >= 15 is 0 Å². The van der Waals surface area contributed by atoms with Crippen LogP contribution in [0.4, 0.5) is 5.69 Å². The number of rotatable bonds is 4. The van der Waals surface area contributed by atoms with E-state index in [1.165, 1.54) is 0 Å². The van der Waals surface area contributed by atoms with Gasteiger partial charge in [0.15, 0.2) is 11.5 Å². The van der Waals surface area contributed by atoms with Gasteiger partial charge in [0.05, 0.1) is 17.2 Å². The van der Waals surface area contributed by atoms with Gasteiger partial charge in [0.25, 0.3) is 0 Å². The second-order valence-corrected chi connectivity index (χ2v) is 5.33. The third-order valence-corrected chi connectivity index (χ3v) is 3.73. The van der Waals surface area contributed by atoms with Crippen LogP contribution in [0.3, 0.4) is 0 Å². The number of benzene rings is 2. The molecule has 3 rings (SSSR count). The van der Waals surface area contributed by atoms with E-state index in [2.05, 4.69) is 5.32 Å². The maximum Gasteiger partial charge on any atom is 0.231 e. The highest BCUT2D eigenvalue weighted by Gasteiger charge is 2.18. The van der Waals surface area contributed by atoms with Crippen molar-refractivity contribution in [3.63, 3.8) is 0 Å². The van der Waals surface area contributed by atoms with Crippen LogP contribution < -0.4 is 19.5 Å². The molecule has 6 heteroatoms. The fraction of sp³-hybridized carbons (Fsp3) is 0.200. The first kappa shape index (κ1) is 14.2. The van der Waals surface area contributed by atoms with E-state index in [9.17, 15) is 0 Å². The Morgan fingerprint density at radius 1 is 1.14 bits per heavy atom. The van der Waals surface area contributed by atoms with E-state index in [1.807, 2.05) is 24.3 Å². The zero-order valence-corrected chi connectivity index (χ0v) is 12.8. The first-order valence-electron chi connectivity index (χ1n) is 6.33. The van der Waals surface area contributed by atoms with Crippen LogP contribution in [-0.4, -0.2) is 13.9 Å². The number of halogens is 2. The highest BCUT2D eigenvalue weighted by molar-refractivity contribution is 6.32. The Bertz CT molecular complexity index is 676. The van der Waals surface area contributed by atoms with Gasteiger partial charge in [0.2, 0.25) is 6.79 Å². The quantitative estimate of drug-likeness (QED) is 0.907. The van der Waals surface area contributed by atoms with E-state index in [4.69, 9.17) is 37.4 Å². The van der Waals surface area contributed by atoms with E-state index < -0.39 is 0 Å². The first-order valence-corrected chi connectivity index (χ1v) is 7.08. The van der Waals surface area contributed by atoms with Crippen LogP contribution >= 0.6 is 23.2 Å². The van der Waals surface area contributed by atoms with Gasteiger partial charge in [-0.2, -0.15) is 0 Å². The Morgan fingerprint density at radius 2 is 2.00 bits per heavy atom. The molecular formula is C15H13Cl2NO3. The number of hydrogen-bond donors (Lipinski definition) is 1. The lowest BCUT2D eigenvalue weighted by Gasteiger charge is -2.10. The summed E-state index contributed by atoms with van der Waals surface area (Å²) in [6, 6.07) is 9.29. The minimum absolute atomic E-state index is 0.209. The molecule has 0 atom stereocenters. The Morgan fingerprint density at radius 3 is 2.81 bits per heavy atom. The second kappa shape index (κ2) is 5.92. The lowest BCUT2D eigenvalue weighted by Crippen LogP contribution is -2.00. The van der Waals surface area contributed by atoms with Gasteiger partial charge in [-0.25, -0.2) is 0 Å². The second-order valence-electron chi connectivity index (χ2n) is 4.51. The number of fused-ring (bicyclic) bond motifs is 1. The van der Waals surface area contributed by atoms with E-state index in [0.717, 1.165) is 11.3 Å². The molecule has 0 bridgehead atoms. The van der Waals surface area contributed by atoms with Gasteiger partial charge in [0, 0.05) is 18.3 Å². The van der Waals surface area contributed by atoms with Crippen molar-refractivity contribution in [1.82, 2.24) is 0 Å². The van der Waals surface area contributed by atoms with Crippen LogP contribution in [0.25, 0.3) is 0 Å². The molecule has 1 aliphatic rings. The van der Waals surface area contributed by atoms with Crippen molar-refractivity contribution in [2.45, 2.75) is 6.54 Å². The number of ether oxygens (including phenoxy) is 3. The van der Waals surface area contributed by atoms with Crippen LogP contribution in [-0.2, 0) is 6.54 Å². The Hall–Kier alpha value is -1.78. The fourth-order valence-electron chi connectivity index (χ4n) is 2.10. The Kier molecular flexibility index (Phi) is 3.99. The number of hydrogen-bond acceptors (Lipinski definition) is 4. The van der Waals surface area contributed by atoms with Crippen molar-refractivity contribution in [2.75, 3.05) is 19.2 Å². The average Bonchev–Trinajstić information content (AvgIpc) is 2.95. The summed E-state index contributed by atoms with van der Waals surface area (Å²) in [7, 11) is 1.59. The number of methoxy groups -OCH3 is 1. The molecule has 0 spiro atoms. The standard InChI is InChI=1S/C15H13Cl2NO3/c1-19-13-6-10(2-3-11(13)16)18-7-9-4-12(17)15-14(5-9)20-8-21-15/h2-6,18H,7-8H2,1H3. The molecule has 2 aromatic carbocycles. The largest absolute Gasteiger partial charge is 0.495 e. The van der Waals surface area contributed by atoms with Crippen molar-refractivity contribution in [3.8, 4) is 17.2 Å². The normalized spacial score (nSPS) is 12.3. The minimum atomic E-state index is 0.209. The summed E-state index contributed by atoms with van der Waals surface area (Å²) in [5.74, 6) is 1.91. The molecular weight excluding hydrogens is 313 g/mol. The molecule has 0 unspecified atom stereocenters. The molecule has 0 aliphatic carbocycles. The molecule has 0 saturated carbocycles. The highest BCUT2D eigenvalue weighted by atomic mass is 35.5. The zero-order valence-electron chi connectivity index (χ0n) is 11.3. The van der Waals surface area contributed by atoms with Crippen LogP contribution in [0.2, 0.25) is 10.0 Å². The van der Waals surface area contributed by atoms with Gasteiger partial charge < -0.3 is 19.5 Å². The van der Waals surface area contributed by atoms with Crippen molar-refractivity contribution in [1.29, 1.82) is 0 Å². The van der Waals surface area contributed by atoms with Crippen molar-refractivity contribution in [2.24, 2.45) is 0 Å². The third kappa shape index (κ3) is 2.96. The summed E-state index contributed by atoms with van der Waals surface area (Å²) in [5.41, 5.74) is 1.91. The van der Waals surface area contributed by atoms with Gasteiger partial charge in [-0.1, -0.05) is 23.2 Å². The molecule has 1 aliphatic heterocycles. The van der Waals surface area contributed by atoms with Gasteiger partial charge in [0.1, 0.15) is 5.75 Å². The predicted octanol–water partition coefficient (Wildman–Crippen LogP) is 4.34. The first-order chi connectivity index (χ1) is 10.2. The molecule has 0 fully saturated rings. The molecule has 110 valence electrons. The maximum atomic E-state index is 6.15. The molecule has 4 nitrogen and oxygen atoms in total. The van der Waals surface area contributed by atoms with Crippen LogP contribution in [0.15, 0.2) is 30.3 Å². The zero-order chi connectivity index (χ0) is 14.8. The summed E-state index contributed by atoms with van der Waals surface area (Å²) in [5, 5.41) is 4.42. The van der Waals surface area contributed by atoms with Crippen LogP contribution in [0, 0.1) is 0 Å².